The van der Waals surface area contributed by atoms with Gasteiger partial charge in [-0.3, -0.25) is 0 Å². The number of nitrogens with zero attached hydrogens (tertiary/aromatic N) is 5. The first kappa shape index (κ1) is 21.1. The molecular formula is C25H25N5S. The summed E-state index contributed by atoms with van der Waals surface area (Å²) >= 11 is 1.46. The molecule has 0 amide bonds. The lowest BCUT2D eigenvalue weighted by atomic mass is 10.0. The number of benzene rings is 2. The van der Waals surface area contributed by atoms with Crippen molar-refractivity contribution in [2.75, 3.05) is 0 Å². The van der Waals surface area contributed by atoms with Gasteiger partial charge in [-0.05, 0) is 31.4 Å². The average Bonchev–Trinajstić information content (AvgIpc) is 3.19. The largest absolute Gasteiger partial charge is 0.302 e. The minimum absolute atomic E-state index is 0.191. The third kappa shape index (κ3) is 4.62. The highest BCUT2D eigenvalue weighted by molar-refractivity contribution is 8.00. The topological polar surface area (TPSA) is 67.4 Å². The Morgan fingerprint density at radius 1 is 1.00 bits per heavy atom. The molecule has 4 aromatic rings. The first-order valence-electron chi connectivity index (χ1n) is 10.5. The number of thioether (sulfide) groups is 1. The summed E-state index contributed by atoms with van der Waals surface area (Å²) in [5, 5.41) is 20.0. The Balaban J connectivity index is 1.90. The zero-order chi connectivity index (χ0) is 21.8. The van der Waals surface area contributed by atoms with E-state index in [4.69, 9.17) is 4.98 Å². The van der Waals surface area contributed by atoms with Crippen LogP contribution in [-0.4, -0.2) is 25.0 Å². The number of hydrogen-bond donors (Lipinski definition) is 0. The molecule has 31 heavy (non-hydrogen) atoms. The number of rotatable bonds is 7. The number of fused-ring (bicyclic) bond motifs is 1. The van der Waals surface area contributed by atoms with Gasteiger partial charge in [0.25, 0.3) is 0 Å². The van der Waals surface area contributed by atoms with Crippen LogP contribution in [0, 0.1) is 17.2 Å². The zero-order valence-corrected chi connectivity index (χ0v) is 18.8. The fourth-order valence-corrected chi connectivity index (χ4v) is 4.23. The molecule has 0 aliphatic carbocycles. The summed E-state index contributed by atoms with van der Waals surface area (Å²) in [5.41, 5.74) is 3.91. The van der Waals surface area contributed by atoms with Gasteiger partial charge in [0.15, 0.2) is 11.0 Å². The highest BCUT2D eigenvalue weighted by Crippen LogP contribution is 2.34. The highest BCUT2D eigenvalue weighted by Gasteiger charge is 2.20. The molecule has 0 saturated carbocycles. The molecule has 2 heterocycles. The predicted molar refractivity (Wildman–Crippen MR) is 127 cm³/mol. The van der Waals surface area contributed by atoms with E-state index in [1.165, 1.54) is 11.8 Å². The summed E-state index contributed by atoms with van der Waals surface area (Å²) in [6, 6.07) is 22.7. The molecule has 2 aromatic carbocycles. The van der Waals surface area contributed by atoms with Gasteiger partial charge < -0.3 is 4.57 Å². The van der Waals surface area contributed by atoms with E-state index in [1.807, 2.05) is 43.3 Å². The Morgan fingerprint density at radius 3 is 2.48 bits per heavy atom. The number of hydrogen-bond acceptors (Lipinski definition) is 5. The smallest absolute Gasteiger partial charge is 0.192 e. The van der Waals surface area contributed by atoms with Gasteiger partial charge in [0.05, 0.1) is 22.5 Å². The SMILES string of the molecule is CC(C)CCn1c(SC(C)C#N)nnc1-c1cc(-c2ccccc2)nc2ccccc12. The molecule has 0 saturated heterocycles. The van der Waals surface area contributed by atoms with E-state index in [1.54, 1.807) is 0 Å². The molecule has 2 aromatic heterocycles. The fourth-order valence-electron chi connectivity index (χ4n) is 3.47. The molecule has 5 nitrogen and oxygen atoms in total. The van der Waals surface area contributed by atoms with Crippen LogP contribution in [0.3, 0.4) is 0 Å². The van der Waals surface area contributed by atoms with Gasteiger partial charge in [-0.2, -0.15) is 5.26 Å². The molecule has 0 bridgehead atoms. The van der Waals surface area contributed by atoms with E-state index < -0.39 is 0 Å². The molecule has 0 radical (unpaired) electrons. The zero-order valence-electron chi connectivity index (χ0n) is 18.0. The fraction of sp³-hybridized carbons (Fsp3) is 0.280. The molecule has 0 aliphatic rings. The molecule has 4 rings (SSSR count). The van der Waals surface area contributed by atoms with Crippen molar-refractivity contribution in [1.82, 2.24) is 19.7 Å². The van der Waals surface area contributed by atoms with Gasteiger partial charge in [0.2, 0.25) is 0 Å². The van der Waals surface area contributed by atoms with Gasteiger partial charge in [-0.15, -0.1) is 10.2 Å². The normalized spacial score (nSPS) is 12.2. The van der Waals surface area contributed by atoms with Crippen LogP contribution in [0.1, 0.15) is 27.2 Å². The lowest BCUT2D eigenvalue weighted by Crippen LogP contribution is -2.07. The number of aromatic nitrogens is 4. The standard InChI is InChI=1S/C25H25N5S/c1-17(2)13-14-30-24(28-29-25(30)31-18(3)16-26)21-15-23(19-9-5-4-6-10-19)27-22-12-8-7-11-20(21)22/h4-12,15,17-18H,13-14H2,1-3H3. The molecule has 0 spiro atoms. The Labute approximate surface area is 187 Å². The second-order valence-electron chi connectivity index (χ2n) is 7.97. The second-order valence-corrected chi connectivity index (χ2v) is 9.28. The first-order chi connectivity index (χ1) is 15.1. The van der Waals surface area contributed by atoms with Crippen molar-refractivity contribution in [3.05, 3.63) is 60.7 Å². The number of para-hydroxylation sites is 1. The average molecular weight is 428 g/mol. The first-order valence-corrected chi connectivity index (χ1v) is 11.4. The maximum atomic E-state index is 9.30. The van der Waals surface area contributed by atoms with Crippen molar-refractivity contribution >= 4 is 22.7 Å². The molecule has 156 valence electrons. The molecule has 0 aliphatic heterocycles. The van der Waals surface area contributed by atoms with Gasteiger partial charge >= 0.3 is 0 Å². The van der Waals surface area contributed by atoms with Crippen LogP contribution in [-0.2, 0) is 6.54 Å². The Morgan fingerprint density at radius 2 is 1.74 bits per heavy atom. The monoisotopic (exact) mass is 427 g/mol. The van der Waals surface area contributed by atoms with Gasteiger partial charge in [-0.1, -0.05) is 74.1 Å². The van der Waals surface area contributed by atoms with Gasteiger partial charge in [-0.25, -0.2) is 4.98 Å². The minimum Gasteiger partial charge on any atom is -0.302 e. The molecular weight excluding hydrogens is 402 g/mol. The van der Waals surface area contributed by atoms with Crippen LogP contribution < -0.4 is 0 Å². The van der Waals surface area contributed by atoms with Gasteiger partial charge in [0.1, 0.15) is 0 Å². The van der Waals surface area contributed by atoms with E-state index in [-0.39, 0.29) is 5.25 Å². The third-order valence-electron chi connectivity index (χ3n) is 5.14. The van der Waals surface area contributed by atoms with Crippen molar-refractivity contribution in [3.63, 3.8) is 0 Å². The number of nitriles is 1. The molecule has 0 N–H and O–H groups in total. The van der Waals surface area contributed by atoms with Crippen LogP contribution in [0.2, 0.25) is 0 Å². The number of pyridine rings is 1. The van der Waals surface area contributed by atoms with Crippen LogP contribution in [0.5, 0.6) is 0 Å². The Kier molecular flexibility index (Phi) is 6.34. The van der Waals surface area contributed by atoms with Crippen molar-refractivity contribution in [3.8, 4) is 28.7 Å². The minimum atomic E-state index is -0.191. The summed E-state index contributed by atoms with van der Waals surface area (Å²) in [4.78, 5) is 4.90. The van der Waals surface area contributed by atoms with Crippen LogP contribution in [0.4, 0.5) is 0 Å². The van der Waals surface area contributed by atoms with Crippen LogP contribution in [0.15, 0.2) is 65.8 Å². The Hall–Kier alpha value is -3.17. The van der Waals surface area contributed by atoms with E-state index in [0.29, 0.717) is 5.92 Å². The van der Waals surface area contributed by atoms with Crippen molar-refractivity contribution < 1.29 is 0 Å². The maximum Gasteiger partial charge on any atom is 0.192 e. The maximum absolute atomic E-state index is 9.30. The van der Waals surface area contributed by atoms with E-state index in [0.717, 1.165) is 51.7 Å². The summed E-state index contributed by atoms with van der Waals surface area (Å²) in [7, 11) is 0. The molecule has 6 heteroatoms. The van der Waals surface area contributed by atoms with Crippen molar-refractivity contribution in [2.24, 2.45) is 5.92 Å². The summed E-state index contributed by atoms with van der Waals surface area (Å²) < 4.78 is 2.16. The summed E-state index contributed by atoms with van der Waals surface area (Å²) in [6.45, 7) is 7.12. The third-order valence-corrected chi connectivity index (χ3v) is 6.11. The quantitative estimate of drug-likeness (QED) is 0.328. The predicted octanol–water partition coefficient (Wildman–Crippen LogP) is 6.21. The van der Waals surface area contributed by atoms with Crippen LogP contribution >= 0.6 is 11.8 Å². The van der Waals surface area contributed by atoms with E-state index in [2.05, 4.69) is 58.9 Å². The highest BCUT2D eigenvalue weighted by atomic mass is 32.2. The second kappa shape index (κ2) is 9.32. The summed E-state index contributed by atoms with van der Waals surface area (Å²) in [6.07, 6.45) is 1.01. The van der Waals surface area contributed by atoms with Gasteiger partial charge in [0, 0.05) is 23.1 Å². The Bertz CT molecular complexity index is 1220. The van der Waals surface area contributed by atoms with Crippen molar-refractivity contribution in [1.29, 1.82) is 5.26 Å². The van der Waals surface area contributed by atoms with E-state index >= 15 is 0 Å². The lowest BCUT2D eigenvalue weighted by Gasteiger charge is -2.14. The molecule has 1 atom stereocenters. The van der Waals surface area contributed by atoms with E-state index in [9.17, 15) is 5.26 Å². The summed E-state index contributed by atoms with van der Waals surface area (Å²) in [5.74, 6) is 1.37. The van der Waals surface area contributed by atoms with Crippen molar-refractivity contribution in [2.45, 2.75) is 44.1 Å². The van der Waals surface area contributed by atoms with Crippen LogP contribution in [0.25, 0.3) is 33.5 Å². The molecule has 1 unspecified atom stereocenters. The molecule has 0 fully saturated rings. The lowest BCUT2D eigenvalue weighted by molar-refractivity contribution is 0.498.